The van der Waals surface area contributed by atoms with Crippen molar-refractivity contribution in [1.29, 1.82) is 0 Å². The Bertz CT molecular complexity index is 741. The van der Waals surface area contributed by atoms with Crippen LogP contribution in [0.5, 0.6) is 0 Å². The van der Waals surface area contributed by atoms with E-state index in [0.717, 1.165) is 32.1 Å². The molecule has 2 N–H and O–H groups in total. The average molecular weight is 561 g/mol. The number of para-hydroxylation sites is 1. The maximum Gasteiger partial charge on any atom is 0.191 e. The molecule has 0 bridgehead atoms. The molecule has 4 fully saturated rings. The lowest BCUT2D eigenvalue weighted by Gasteiger charge is -2.63. The van der Waals surface area contributed by atoms with Crippen molar-refractivity contribution in [3.8, 4) is 0 Å². The maximum absolute atomic E-state index is 6.05. The number of anilines is 1. The van der Waals surface area contributed by atoms with Gasteiger partial charge in [-0.25, -0.2) is 0 Å². The van der Waals surface area contributed by atoms with Crippen LogP contribution in [0.1, 0.15) is 32.1 Å². The van der Waals surface area contributed by atoms with Gasteiger partial charge in [0.25, 0.3) is 0 Å². The quantitative estimate of drug-likeness (QED) is 0.336. The summed E-state index contributed by atoms with van der Waals surface area (Å²) >= 11 is 3.68. The number of ether oxygens (including phenoxy) is 1. The molecule has 2 aliphatic heterocycles. The maximum atomic E-state index is 6.05. The van der Waals surface area contributed by atoms with Crippen molar-refractivity contribution in [3.63, 3.8) is 0 Å². The Morgan fingerprint density at radius 2 is 2.07 bits per heavy atom. The number of aliphatic imine (C=N–C) groups is 1. The zero-order valence-electron chi connectivity index (χ0n) is 16.4. The Hall–Kier alpha value is -0.540. The highest BCUT2D eigenvalue weighted by Gasteiger charge is 2.66. The van der Waals surface area contributed by atoms with Crippen LogP contribution in [0.3, 0.4) is 0 Å². The molecule has 1 aromatic rings. The first-order chi connectivity index (χ1) is 13.2. The Balaban J connectivity index is 0.00000192. The van der Waals surface area contributed by atoms with E-state index in [9.17, 15) is 0 Å². The molecule has 5 nitrogen and oxygen atoms in total. The van der Waals surface area contributed by atoms with Crippen LogP contribution in [0.4, 0.5) is 5.69 Å². The van der Waals surface area contributed by atoms with Crippen molar-refractivity contribution in [2.24, 2.45) is 16.3 Å². The van der Waals surface area contributed by atoms with Crippen molar-refractivity contribution < 1.29 is 4.74 Å². The number of benzene rings is 1. The largest absolute Gasteiger partial charge is 0.377 e. The van der Waals surface area contributed by atoms with Crippen molar-refractivity contribution in [3.05, 3.63) is 28.7 Å². The zero-order valence-corrected chi connectivity index (χ0v) is 20.3. The van der Waals surface area contributed by atoms with E-state index in [1.54, 1.807) is 0 Å². The fraction of sp³-hybridized carbons (Fsp3) is 0.667. The Morgan fingerprint density at radius 3 is 2.79 bits per heavy atom. The summed E-state index contributed by atoms with van der Waals surface area (Å²) in [7, 11) is 1.89. The van der Waals surface area contributed by atoms with E-state index < -0.39 is 0 Å². The van der Waals surface area contributed by atoms with Gasteiger partial charge in [0.15, 0.2) is 5.96 Å². The molecule has 2 saturated heterocycles. The third-order valence-electron chi connectivity index (χ3n) is 7.27. The van der Waals surface area contributed by atoms with E-state index in [1.165, 1.54) is 35.8 Å². The number of fused-ring (bicyclic) bond motifs is 2. The summed E-state index contributed by atoms with van der Waals surface area (Å²) in [4.78, 5) is 7.00. The van der Waals surface area contributed by atoms with E-state index in [4.69, 9.17) is 4.74 Å². The monoisotopic (exact) mass is 560 g/mol. The van der Waals surface area contributed by atoms with Crippen molar-refractivity contribution in [2.45, 2.75) is 50.3 Å². The SMILES string of the molecule is CN=C(NC1CCN(c2ccccc2Br)C1)NC1C2CCOC2C12CCC2.I. The van der Waals surface area contributed by atoms with Crippen LogP contribution in [0, 0.1) is 11.3 Å². The zero-order chi connectivity index (χ0) is 18.4. The highest BCUT2D eigenvalue weighted by molar-refractivity contribution is 14.0. The van der Waals surface area contributed by atoms with Gasteiger partial charge in [-0.05, 0) is 53.7 Å². The first-order valence-electron chi connectivity index (χ1n) is 10.3. The molecule has 4 aliphatic rings. The molecule has 0 amide bonds. The van der Waals surface area contributed by atoms with Crippen LogP contribution in [-0.4, -0.2) is 50.9 Å². The lowest BCUT2D eigenvalue weighted by Crippen LogP contribution is -2.72. The summed E-state index contributed by atoms with van der Waals surface area (Å²) in [5, 5.41) is 7.48. The highest BCUT2D eigenvalue weighted by Crippen LogP contribution is 2.62. The number of nitrogens with one attached hydrogen (secondary N) is 2. The van der Waals surface area contributed by atoms with E-state index in [0.29, 0.717) is 29.5 Å². The van der Waals surface area contributed by atoms with E-state index >= 15 is 0 Å². The molecule has 1 aromatic carbocycles. The van der Waals surface area contributed by atoms with Gasteiger partial charge in [0.1, 0.15) is 0 Å². The molecule has 154 valence electrons. The normalized spacial score (nSPS) is 32.9. The smallest absolute Gasteiger partial charge is 0.191 e. The van der Waals surface area contributed by atoms with Crippen LogP contribution >= 0.6 is 39.9 Å². The van der Waals surface area contributed by atoms with Gasteiger partial charge in [-0.1, -0.05) is 18.6 Å². The number of nitrogens with zero attached hydrogens (tertiary/aromatic N) is 2. The number of hydrogen-bond acceptors (Lipinski definition) is 3. The number of halogens is 2. The molecule has 1 spiro atoms. The van der Waals surface area contributed by atoms with Gasteiger partial charge in [-0.2, -0.15) is 0 Å². The second kappa shape index (κ2) is 8.30. The predicted molar refractivity (Wildman–Crippen MR) is 128 cm³/mol. The van der Waals surface area contributed by atoms with Gasteiger partial charge in [0, 0.05) is 54.6 Å². The van der Waals surface area contributed by atoms with Crippen molar-refractivity contribution in [2.75, 3.05) is 31.6 Å². The first kappa shape index (κ1) is 20.7. The standard InChI is InChI=1S/C21H29BrN4O.HI/c1-23-20(25-18-15-8-12-27-19(15)21(18)9-4-10-21)24-14-7-11-26(13-14)17-6-3-2-5-16(17)22;/h2-3,5-6,14-15,18-19H,4,7-13H2,1H3,(H2,23,24,25);1H. The molecule has 0 aromatic heterocycles. The summed E-state index contributed by atoms with van der Waals surface area (Å²) < 4.78 is 7.22. The molecular formula is C21H30BrIN4O. The minimum atomic E-state index is 0. The molecule has 4 atom stereocenters. The second-order valence-electron chi connectivity index (χ2n) is 8.55. The van der Waals surface area contributed by atoms with Gasteiger partial charge in [0.2, 0.25) is 0 Å². The number of rotatable bonds is 3. The van der Waals surface area contributed by atoms with Gasteiger partial charge < -0.3 is 20.3 Å². The molecule has 4 unspecified atom stereocenters. The fourth-order valence-corrected chi connectivity index (χ4v) is 6.31. The summed E-state index contributed by atoms with van der Waals surface area (Å²) in [5.41, 5.74) is 1.66. The van der Waals surface area contributed by atoms with Crippen LogP contribution in [0.2, 0.25) is 0 Å². The first-order valence-corrected chi connectivity index (χ1v) is 11.1. The molecule has 2 saturated carbocycles. The van der Waals surface area contributed by atoms with E-state index in [-0.39, 0.29) is 24.0 Å². The van der Waals surface area contributed by atoms with Gasteiger partial charge in [0.05, 0.1) is 11.8 Å². The Kier molecular flexibility index (Phi) is 6.14. The summed E-state index contributed by atoms with van der Waals surface area (Å²) in [6.07, 6.45) is 6.79. The van der Waals surface area contributed by atoms with Crippen LogP contribution < -0.4 is 15.5 Å². The van der Waals surface area contributed by atoms with Gasteiger partial charge in [-0.3, -0.25) is 4.99 Å². The summed E-state index contributed by atoms with van der Waals surface area (Å²) in [5.74, 6) is 1.64. The van der Waals surface area contributed by atoms with Crippen molar-refractivity contribution in [1.82, 2.24) is 10.6 Å². The minimum absolute atomic E-state index is 0. The van der Waals surface area contributed by atoms with Crippen molar-refractivity contribution >= 4 is 51.6 Å². The lowest BCUT2D eigenvalue weighted by molar-refractivity contribution is -0.171. The summed E-state index contributed by atoms with van der Waals surface area (Å²) in [6, 6.07) is 9.44. The molecule has 2 heterocycles. The molecule has 7 heteroatoms. The average Bonchev–Trinajstić information content (AvgIpc) is 3.26. The minimum Gasteiger partial charge on any atom is -0.377 e. The number of hydrogen-bond donors (Lipinski definition) is 2. The fourth-order valence-electron chi connectivity index (χ4n) is 5.77. The topological polar surface area (TPSA) is 48.9 Å². The third-order valence-corrected chi connectivity index (χ3v) is 7.94. The third kappa shape index (κ3) is 3.35. The highest BCUT2D eigenvalue weighted by atomic mass is 127. The Morgan fingerprint density at radius 1 is 1.25 bits per heavy atom. The second-order valence-corrected chi connectivity index (χ2v) is 9.41. The van der Waals surface area contributed by atoms with Gasteiger partial charge >= 0.3 is 0 Å². The molecular weight excluding hydrogens is 531 g/mol. The molecule has 5 rings (SSSR count). The number of guanidine groups is 1. The van der Waals surface area contributed by atoms with E-state index in [2.05, 4.69) is 60.7 Å². The van der Waals surface area contributed by atoms with Gasteiger partial charge in [-0.15, -0.1) is 24.0 Å². The molecule has 28 heavy (non-hydrogen) atoms. The molecule has 2 aliphatic carbocycles. The van der Waals surface area contributed by atoms with Crippen LogP contribution in [0.15, 0.2) is 33.7 Å². The van der Waals surface area contributed by atoms with Crippen LogP contribution in [0.25, 0.3) is 0 Å². The Labute approximate surface area is 193 Å². The lowest BCUT2D eigenvalue weighted by atomic mass is 9.46. The van der Waals surface area contributed by atoms with E-state index in [1.807, 2.05) is 7.05 Å². The summed E-state index contributed by atoms with van der Waals surface area (Å²) in [6.45, 7) is 3.02. The van der Waals surface area contributed by atoms with Crippen LogP contribution in [-0.2, 0) is 4.74 Å². The molecule has 0 radical (unpaired) electrons. The predicted octanol–water partition coefficient (Wildman–Crippen LogP) is 3.77.